The van der Waals surface area contributed by atoms with E-state index in [1.165, 1.54) is 22.3 Å². The molecule has 1 aliphatic heterocycles. The molecule has 1 heterocycles. The third-order valence-corrected chi connectivity index (χ3v) is 8.29. The van der Waals surface area contributed by atoms with Crippen molar-refractivity contribution in [2.24, 2.45) is 11.8 Å². The first kappa shape index (κ1) is 21.2. The minimum Gasteiger partial charge on any atom is -0.339 e. The molecule has 4 heteroatoms. The quantitative estimate of drug-likeness (QED) is 0.709. The van der Waals surface area contributed by atoms with Crippen LogP contribution in [0.1, 0.15) is 60.8 Å². The smallest absolute Gasteiger partial charge is 0.226 e. The molecule has 0 aromatic heterocycles. The second-order valence-electron chi connectivity index (χ2n) is 9.92. The average Bonchev–Trinajstić information content (AvgIpc) is 2.84. The number of carbonyl (C=O) groups is 2. The third kappa shape index (κ3) is 3.74. The first-order chi connectivity index (χ1) is 15.5. The summed E-state index contributed by atoms with van der Waals surface area (Å²) in [6.45, 7) is 7.03. The SMILES string of the molecule is C[C@H]1c2ccccc2CC[C@H]1C(=O)N1CCN(C(=O)[C@@H]2CCc3ccccc3[C@@H]2C)CC1. The summed E-state index contributed by atoms with van der Waals surface area (Å²) in [5, 5.41) is 0. The standard InChI is InChI=1S/C28H34N2O2/c1-19-23-9-5-3-7-21(23)11-13-25(19)27(31)29-15-17-30(18-16-29)28(32)26-14-12-22-8-4-6-10-24(22)20(26)2/h3-10,19-20,25-26H,11-18H2,1-2H3/t19-,20-,25+,26+/m0/s1. The molecule has 1 saturated heterocycles. The predicted molar refractivity (Wildman–Crippen MR) is 126 cm³/mol. The molecule has 2 aliphatic carbocycles. The van der Waals surface area contributed by atoms with E-state index in [-0.39, 0.29) is 35.5 Å². The summed E-state index contributed by atoms with van der Waals surface area (Å²) in [6, 6.07) is 17.1. The molecule has 4 atom stereocenters. The fourth-order valence-electron chi connectivity index (χ4n) is 6.26. The van der Waals surface area contributed by atoms with Gasteiger partial charge in [-0.3, -0.25) is 9.59 Å². The van der Waals surface area contributed by atoms with Gasteiger partial charge in [0, 0.05) is 38.0 Å². The van der Waals surface area contributed by atoms with Gasteiger partial charge < -0.3 is 9.80 Å². The first-order valence-corrected chi connectivity index (χ1v) is 12.3. The zero-order valence-electron chi connectivity index (χ0n) is 19.3. The van der Waals surface area contributed by atoms with E-state index < -0.39 is 0 Å². The highest BCUT2D eigenvalue weighted by Gasteiger charge is 2.38. The van der Waals surface area contributed by atoms with Gasteiger partial charge in [-0.2, -0.15) is 0 Å². The van der Waals surface area contributed by atoms with Gasteiger partial charge in [-0.1, -0.05) is 62.4 Å². The van der Waals surface area contributed by atoms with E-state index >= 15 is 0 Å². The molecule has 0 bridgehead atoms. The summed E-state index contributed by atoms with van der Waals surface area (Å²) >= 11 is 0. The van der Waals surface area contributed by atoms with Gasteiger partial charge in [0.15, 0.2) is 0 Å². The van der Waals surface area contributed by atoms with Crippen LogP contribution in [0.25, 0.3) is 0 Å². The minimum atomic E-state index is 0.0574. The van der Waals surface area contributed by atoms with Crippen molar-refractivity contribution in [3.05, 3.63) is 70.8 Å². The molecule has 0 N–H and O–H groups in total. The molecule has 5 rings (SSSR count). The van der Waals surface area contributed by atoms with Crippen molar-refractivity contribution in [1.29, 1.82) is 0 Å². The van der Waals surface area contributed by atoms with Crippen LogP contribution in [0.5, 0.6) is 0 Å². The largest absolute Gasteiger partial charge is 0.339 e. The number of hydrogen-bond donors (Lipinski definition) is 0. The van der Waals surface area contributed by atoms with E-state index in [0.29, 0.717) is 26.2 Å². The van der Waals surface area contributed by atoms with Crippen LogP contribution in [0.3, 0.4) is 0 Å². The van der Waals surface area contributed by atoms with Crippen molar-refractivity contribution in [2.45, 2.75) is 51.4 Å². The average molecular weight is 431 g/mol. The molecule has 0 spiro atoms. The van der Waals surface area contributed by atoms with Gasteiger partial charge in [-0.15, -0.1) is 0 Å². The number of rotatable bonds is 2. The maximum absolute atomic E-state index is 13.4. The number of amides is 2. The van der Waals surface area contributed by atoms with Crippen molar-refractivity contribution < 1.29 is 9.59 Å². The van der Waals surface area contributed by atoms with E-state index in [0.717, 1.165) is 25.7 Å². The van der Waals surface area contributed by atoms with Crippen LogP contribution in [0.2, 0.25) is 0 Å². The molecular weight excluding hydrogens is 396 g/mol. The van der Waals surface area contributed by atoms with Gasteiger partial charge in [-0.05, 0) is 59.8 Å². The zero-order valence-corrected chi connectivity index (χ0v) is 19.3. The molecule has 2 aromatic rings. The van der Waals surface area contributed by atoms with Crippen molar-refractivity contribution in [1.82, 2.24) is 9.80 Å². The summed E-state index contributed by atoms with van der Waals surface area (Å²) in [7, 11) is 0. The van der Waals surface area contributed by atoms with Crippen LogP contribution in [0, 0.1) is 11.8 Å². The maximum Gasteiger partial charge on any atom is 0.226 e. The van der Waals surface area contributed by atoms with Gasteiger partial charge in [0.25, 0.3) is 0 Å². The Balaban J connectivity index is 1.20. The number of carbonyl (C=O) groups excluding carboxylic acids is 2. The number of hydrogen-bond acceptors (Lipinski definition) is 2. The normalized spacial score (nSPS) is 27.4. The third-order valence-electron chi connectivity index (χ3n) is 8.29. The van der Waals surface area contributed by atoms with Crippen molar-refractivity contribution in [3.8, 4) is 0 Å². The number of piperazine rings is 1. The van der Waals surface area contributed by atoms with Crippen LogP contribution >= 0.6 is 0 Å². The molecule has 32 heavy (non-hydrogen) atoms. The Bertz CT molecular complexity index is 926. The van der Waals surface area contributed by atoms with E-state index in [2.05, 4.69) is 62.4 Å². The molecule has 0 saturated carbocycles. The maximum atomic E-state index is 13.4. The van der Waals surface area contributed by atoms with Gasteiger partial charge in [0.1, 0.15) is 0 Å². The van der Waals surface area contributed by atoms with Gasteiger partial charge >= 0.3 is 0 Å². The zero-order chi connectivity index (χ0) is 22.2. The summed E-state index contributed by atoms with van der Waals surface area (Å²) in [6.07, 6.45) is 3.82. The summed E-state index contributed by atoms with van der Waals surface area (Å²) in [5.41, 5.74) is 5.44. The minimum absolute atomic E-state index is 0.0574. The van der Waals surface area contributed by atoms with Crippen molar-refractivity contribution in [3.63, 3.8) is 0 Å². The monoisotopic (exact) mass is 430 g/mol. The van der Waals surface area contributed by atoms with Gasteiger partial charge in [0.05, 0.1) is 0 Å². The fraction of sp³-hybridized carbons (Fsp3) is 0.500. The molecule has 3 aliphatic rings. The molecule has 168 valence electrons. The second-order valence-corrected chi connectivity index (χ2v) is 9.92. The molecule has 2 amide bonds. The molecular formula is C28H34N2O2. The number of nitrogens with zero attached hydrogens (tertiary/aromatic N) is 2. The van der Waals surface area contributed by atoms with E-state index in [9.17, 15) is 9.59 Å². The van der Waals surface area contributed by atoms with Crippen LogP contribution in [0.15, 0.2) is 48.5 Å². The fourth-order valence-corrected chi connectivity index (χ4v) is 6.26. The number of fused-ring (bicyclic) bond motifs is 2. The summed E-state index contributed by atoms with van der Waals surface area (Å²) in [5.74, 6) is 1.19. The van der Waals surface area contributed by atoms with E-state index in [1.54, 1.807) is 0 Å². The lowest BCUT2D eigenvalue weighted by atomic mass is 9.75. The van der Waals surface area contributed by atoms with Gasteiger partial charge in [-0.25, -0.2) is 0 Å². The molecule has 1 fully saturated rings. The van der Waals surface area contributed by atoms with E-state index in [1.807, 2.05) is 9.80 Å². The van der Waals surface area contributed by atoms with Crippen molar-refractivity contribution in [2.75, 3.05) is 26.2 Å². The lowest BCUT2D eigenvalue weighted by molar-refractivity contribution is -0.145. The molecule has 0 unspecified atom stereocenters. The number of benzene rings is 2. The van der Waals surface area contributed by atoms with Crippen molar-refractivity contribution >= 4 is 11.8 Å². The summed E-state index contributed by atoms with van der Waals surface area (Å²) < 4.78 is 0. The highest BCUT2D eigenvalue weighted by Crippen LogP contribution is 2.38. The highest BCUT2D eigenvalue weighted by atomic mass is 16.2. The number of aryl methyl sites for hydroxylation is 2. The van der Waals surface area contributed by atoms with Crippen LogP contribution in [-0.2, 0) is 22.4 Å². The Hall–Kier alpha value is -2.62. The Labute approximate surface area is 191 Å². The van der Waals surface area contributed by atoms with Crippen LogP contribution in [0.4, 0.5) is 0 Å². The summed E-state index contributed by atoms with van der Waals surface area (Å²) in [4.78, 5) is 30.8. The highest BCUT2D eigenvalue weighted by molar-refractivity contribution is 5.82. The van der Waals surface area contributed by atoms with Gasteiger partial charge in [0.2, 0.25) is 11.8 Å². The van der Waals surface area contributed by atoms with Crippen LogP contribution < -0.4 is 0 Å². The topological polar surface area (TPSA) is 40.6 Å². The first-order valence-electron chi connectivity index (χ1n) is 12.3. The Morgan fingerprint density at radius 3 is 1.44 bits per heavy atom. The Morgan fingerprint density at radius 1 is 0.656 bits per heavy atom. The Kier molecular flexibility index (Phi) is 5.79. The van der Waals surface area contributed by atoms with Crippen LogP contribution in [-0.4, -0.2) is 47.8 Å². The lowest BCUT2D eigenvalue weighted by Gasteiger charge is -2.41. The predicted octanol–water partition coefficient (Wildman–Crippen LogP) is 4.39. The molecule has 2 aromatic carbocycles. The van der Waals surface area contributed by atoms with E-state index in [4.69, 9.17) is 0 Å². The second kappa shape index (κ2) is 8.73. The lowest BCUT2D eigenvalue weighted by Crippen LogP contribution is -2.54. The Morgan fingerprint density at radius 2 is 1.03 bits per heavy atom. The molecule has 0 radical (unpaired) electrons. The molecule has 4 nitrogen and oxygen atoms in total.